The molecule has 2 aromatic carbocycles. The Morgan fingerprint density at radius 1 is 0.970 bits per heavy atom. The van der Waals surface area contributed by atoms with Gasteiger partial charge in [0, 0.05) is 12.1 Å². The number of ether oxygens (including phenoxy) is 2. The summed E-state index contributed by atoms with van der Waals surface area (Å²) in [5, 5.41) is 19.4. The lowest BCUT2D eigenvalue weighted by Gasteiger charge is -2.08. The van der Waals surface area contributed by atoms with Gasteiger partial charge < -0.3 is 29.6 Å². The van der Waals surface area contributed by atoms with E-state index in [1.165, 1.54) is 0 Å². The molecule has 0 aliphatic carbocycles. The highest BCUT2D eigenvalue weighted by molar-refractivity contribution is 6.45. The van der Waals surface area contributed by atoms with E-state index in [2.05, 4.69) is 15.7 Å². The molecular weight excluding hydrogens is 421 g/mol. The molecule has 0 atom stereocenters. The predicted octanol–water partition coefficient (Wildman–Crippen LogP) is 3.16. The van der Waals surface area contributed by atoms with E-state index in [9.17, 15) is 9.82 Å². The summed E-state index contributed by atoms with van der Waals surface area (Å²) < 4.78 is 16.2. The number of amides is 1. The fourth-order valence-electron chi connectivity index (χ4n) is 3.44. The van der Waals surface area contributed by atoms with Crippen LogP contribution in [0.2, 0.25) is 6.82 Å². The summed E-state index contributed by atoms with van der Waals surface area (Å²) in [7, 11) is 2.71. The maximum absolute atomic E-state index is 12.6. The zero-order chi connectivity index (χ0) is 23.6. The molecule has 1 heterocycles. The van der Waals surface area contributed by atoms with Crippen LogP contribution in [0.3, 0.4) is 0 Å². The molecule has 1 aromatic heterocycles. The number of carbonyl (C=O) groups excluding carboxylic acids is 1. The molecule has 3 aromatic rings. The Labute approximate surface area is 194 Å². The molecule has 0 fully saturated rings. The molecule has 8 nitrogen and oxygen atoms in total. The zero-order valence-corrected chi connectivity index (χ0v) is 19.3. The first-order valence-corrected chi connectivity index (χ1v) is 11.0. The Bertz CT molecular complexity index is 1020. The van der Waals surface area contributed by atoms with Crippen LogP contribution in [0.5, 0.6) is 11.5 Å². The second kappa shape index (κ2) is 12.1. The molecule has 1 amide bonds. The van der Waals surface area contributed by atoms with Gasteiger partial charge in [-0.2, -0.15) is 0 Å². The molecule has 0 saturated carbocycles. The van der Waals surface area contributed by atoms with Gasteiger partial charge in [-0.15, -0.1) is 0 Å². The van der Waals surface area contributed by atoms with E-state index in [0.717, 1.165) is 41.0 Å². The van der Waals surface area contributed by atoms with Gasteiger partial charge in [-0.1, -0.05) is 17.3 Å². The van der Waals surface area contributed by atoms with E-state index in [1.54, 1.807) is 21.0 Å². The molecule has 0 aliphatic heterocycles. The summed E-state index contributed by atoms with van der Waals surface area (Å²) in [6.45, 7) is 2.93. The Morgan fingerprint density at radius 2 is 1.55 bits per heavy atom. The quantitative estimate of drug-likeness (QED) is 0.287. The van der Waals surface area contributed by atoms with Crippen molar-refractivity contribution >= 4 is 13.0 Å². The molecule has 3 N–H and O–H groups in total. The summed E-state index contributed by atoms with van der Waals surface area (Å²) >= 11 is 0. The second-order valence-corrected chi connectivity index (χ2v) is 7.65. The summed E-state index contributed by atoms with van der Waals surface area (Å²) in [6.07, 6.45) is 1.74. The molecule has 0 radical (unpaired) electrons. The molecule has 9 heteroatoms. The number of nitrogens with zero attached hydrogens (tertiary/aromatic N) is 1. The first-order valence-electron chi connectivity index (χ1n) is 11.0. The number of hydrogen-bond donors (Lipinski definition) is 3. The van der Waals surface area contributed by atoms with Gasteiger partial charge in [0.1, 0.15) is 17.2 Å². The molecule has 0 unspecified atom stereocenters. The lowest BCUT2D eigenvalue weighted by molar-refractivity contribution is -0.120. The highest BCUT2D eigenvalue weighted by Crippen LogP contribution is 2.36. The third-order valence-corrected chi connectivity index (χ3v) is 5.19. The summed E-state index contributed by atoms with van der Waals surface area (Å²) in [4.78, 5) is 12.6. The molecule has 0 spiro atoms. The Kier molecular flexibility index (Phi) is 8.91. The number of unbranched alkanes of at least 4 members (excludes halogenated alkanes) is 1. The minimum Gasteiger partial charge on any atom is -0.497 e. The van der Waals surface area contributed by atoms with Gasteiger partial charge in [0.05, 0.1) is 26.2 Å². The van der Waals surface area contributed by atoms with Crippen LogP contribution in [0.1, 0.15) is 18.6 Å². The molecule has 0 saturated heterocycles. The van der Waals surface area contributed by atoms with Crippen molar-refractivity contribution in [3.63, 3.8) is 0 Å². The van der Waals surface area contributed by atoms with Gasteiger partial charge >= 0.3 is 7.05 Å². The van der Waals surface area contributed by atoms with E-state index >= 15 is 0 Å². The zero-order valence-electron chi connectivity index (χ0n) is 19.3. The average Bonchev–Trinajstić information content (AvgIpc) is 3.24. The van der Waals surface area contributed by atoms with Crippen LogP contribution in [0.4, 0.5) is 0 Å². The van der Waals surface area contributed by atoms with Crippen molar-refractivity contribution < 1.29 is 23.8 Å². The summed E-state index contributed by atoms with van der Waals surface area (Å²) in [6, 6.07) is 15.1. The molecule has 3 rings (SSSR count). The Hall–Kier alpha value is -3.30. The van der Waals surface area contributed by atoms with E-state index in [4.69, 9.17) is 14.0 Å². The largest absolute Gasteiger partial charge is 0.497 e. The molecule has 0 bridgehead atoms. The van der Waals surface area contributed by atoms with Crippen molar-refractivity contribution in [3.8, 4) is 33.9 Å². The maximum Gasteiger partial charge on any atom is 0.373 e. The number of rotatable bonds is 12. The third-order valence-electron chi connectivity index (χ3n) is 5.19. The van der Waals surface area contributed by atoms with Crippen molar-refractivity contribution in [2.75, 3.05) is 27.3 Å². The van der Waals surface area contributed by atoms with Crippen molar-refractivity contribution in [2.45, 2.75) is 26.1 Å². The van der Waals surface area contributed by atoms with Crippen LogP contribution in [0, 0.1) is 0 Å². The SMILES string of the molecule is COc1ccc(-c2noc(CC(=O)NCCCCNB(C)O)c2-c2ccc(OC)cc2)cc1. The lowest BCUT2D eigenvalue weighted by Crippen LogP contribution is -2.32. The molecule has 0 aliphatic rings. The minimum atomic E-state index is -0.526. The van der Waals surface area contributed by atoms with Gasteiger partial charge in [-0.3, -0.25) is 4.79 Å². The van der Waals surface area contributed by atoms with Gasteiger partial charge in [0.2, 0.25) is 5.91 Å². The van der Waals surface area contributed by atoms with Crippen LogP contribution in [0.15, 0.2) is 53.1 Å². The molecular formula is C24H30BN3O5. The fraction of sp³-hybridized carbons (Fsp3) is 0.333. The van der Waals surface area contributed by atoms with Crippen LogP contribution in [0.25, 0.3) is 22.4 Å². The third kappa shape index (κ3) is 6.84. The van der Waals surface area contributed by atoms with Crippen LogP contribution < -0.4 is 20.0 Å². The number of nitrogens with one attached hydrogen (secondary N) is 2. The van der Waals surface area contributed by atoms with Crippen molar-refractivity contribution in [1.82, 2.24) is 15.7 Å². The molecule has 33 heavy (non-hydrogen) atoms. The van der Waals surface area contributed by atoms with Gasteiger partial charge in [-0.05, 0) is 68.2 Å². The number of methoxy groups -OCH3 is 2. The topological polar surface area (TPSA) is 106 Å². The van der Waals surface area contributed by atoms with E-state index in [1.807, 2.05) is 48.5 Å². The standard InChI is InChI=1S/C24H30BN3O5/c1-25(30)27-15-5-4-14-26-22(29)16-21-23(17-6-10-19(31-2)11-7-17)24(28-33-21)18-8-12-20(32-3)13-9-18/h6-13,27,30H,4-5,14-16H2,1-3H3,(H,26,29). The van der Waals surface area contributed by atoms with Crippen LogP contribution >= 0.6 is 0 Å². The first kappa shape index (κ1) is 24.3. The highest BCUT2D eigenvalue weighted by atomic mass is 16.5. The van der Waals surface area contributed by atoms with E-state index in [0.29, 0.717) is 24.5 Å². The van der Waals surface area contributed by atoms with Gasteiger partial charge in [0.15, 0.2) is 5.76 Å². The summed E-state index contributed by atoms with van der Waals surface area (Å²) in [5.74, 6) is 1.85. The number of benzene rings is 2. The fourth-order valence-corrected chi connectivity index (χ4v) is 3.44. The van der Waals surface area contributed by atoms with E-state index < -0.39 is 7.05 Å². The maximum atomic E-state index is 12.6. The Morgan fingerprint density at radius 3 is 2.12 bits per heavy atom. The minimum absolute atomic E-state index is 0.0798. The van der Waals surface area contributed by atoms with Crippen LogP contribution in [-0.4, -0.2) is 50.4 Å². The second-order valence-electron chi connectivity index (χ2n) is 7.65. The predicted molar refractivity (Wildman–Crippen MR) is 128 cm³/mol. The Balaban J connectivity index is 1.76. The number of carbonyl (C=O) groups is 1. The van der Waals surface area contributed by atoms with Gasteiger partial charge in [-0.25, -0.2) is 0 Å². The normalized spacial score (nSPS) is 10.7. The monoisotopic (exact) mass is 451 g/mol. The number of hydrogen-bond acceptors (Lipinski definition) is 7. The lowest BCUT2D eigenvalue weighted by atomic mass is 9.89. The average molecular weight is 451 g/mol. The molecule has 174 valence electrons. The van der Waals surface area contributed by atoms with Crippen molar-refractivity contribution in [3.05, 3.63) is 54.3 Å². The summed E-state index contributed by atoms with van der Waals surface area (Å²) in [5.41, 5.74) is 3.19. The highest BCUT2D eigenvalue weighted by Gasteiger charge is 2.21. The number of aromatic nitrogens is 1. The van der Waals surface area contributed by atoms with Crippen molar-refractivity contribution in [2.24, 2.45) is 0 Å². The van der Waals surface area contributed by atoms with Gasteiger partial charge in [0.25, 0.3) is 0 Å². The van der Waals surface area contributed by atoms with E-state index in [-0.39, 0.29) is 12.3 Å². The van der Waals surface area contributed by atoms with Crippen LogP contribution in [-0.2, 0) is 11.2 Å². The van der Waals surface area contributed by atoms with Crippen molar-refractivity contribution in [1.29, 1.82) is 0 Å². The first-order chi connectivity index (χ1) is 16.0. The smallest absolute Gasteiger partial charge is 0.373 e.